The number of aromatic hydroxyl groups is 1. The number of phenols is 1. The van der Waals surface area contributed by atoms with E-state index in [2.05, 4.69) is 5.43 Å². The molecule has 0 unspecified atom stereocenters. The summed E-state index contributed by atoms with van der Waals surface area (Å²) < 4.78 is 0.193. The average Bonchev–Trinajstić information content (AvgIpc) is 2.85. The van der Waals surface area contributed by atoms with Crippen LogP contribution in [0.5, 0.6) is 5.75 Å². The molecule has 2 amide bonds. The molecule has 5 nitrogen and oxygen atoms in total. The quantitative estimate of drug-likeness (QED) is 0.569. The summed E-state index contributed by atoms with van der Waals surface area (Å²) in [5.41, 5.74) is 3.35. The maximum atomic E-state index is 12.5. The predicted octanol–water partition coefficient (Wildman–Crippen LogP) is 4.25. The molecule has 9 heteroatoms. The summed E-state index contributed by atoms with van der Waals surface area (Å²) in [7, 11) is 0. The lowest BCUT2D eigenvalue weighted by Crippen LogP contribution is -2.44. The molecule has 0 aliphatic carbocycles. The molecule has 2 N–H and O–H groups in total. The number of rotatable bonds is 3. The highest BCUT2D eigenvalue weighted by molar-refractivity contribution is 8.26. The van der Waals surface area contributed by atoms with E-state index in [1.54, 1.807) is 24.3 Å². The summed E-state index contributed by atoms with van der Waals surface area (Å²) in [6, 6.07) is 10.5. The lowest BCUT2D eigenvalue weighted by molar-refractivity contribution is -0.123. The number of halogens is 2. The number of hydrogen-bond acceptors (Lipinski definition) is 5. The molecule has 1 fully saturated rings. The fourth-order valence-corrected chi connectivity index (χ4v) is 3.74. The second kappa shape index (κ2) is 7.67. The van der Waals surface area contributed by atoms with E-state index >= 15 is 0 Å². The van der Waals surface area contributed by atoms with Crippen LogP contribution in [-0.2, 0) is 4.79 Å². The van der Waals surface area contributed by atoms with E-state index in [-0.39, 0.29) is 15.6 Å². The predicted molar refractivity (Wildman–Crippen MR) is 107 cm³/mol. The zero-order valence-electron chi connectivity index (χ0n) is 12.9. The fraction of sp³-hybridized carbons (Fsp3) is 0. The smallest absolute Gasteiger partial charge is 0.285 e. The number of hydrazine groups is 1. The minimum Gasteiger partial charge on any atom is -0.508 e. The van der Waals surface area contributed by atoms with Gasteiger partial charge in [-0.05, 0) is 60.3 Å². The summed E-state index contributed by atoms with van der Waals surface area (Å²) in [5, 5.41) is 11.2. The summed E-state index contributed by atoms with van der Waals surface area (Å²) in [5.74, 6) is -0.944. The van der Waals surface area contributed by atoms with Crippen molar-refractivity contribution < 1.29 is 14.7 Å². The zero-order valence-corrected chi connectivity index (χ0v) is 16.0. The molecular weight excluding hydrogens is 415 g/mol. The van der Waals surface area contributed by atoms with Gasteiger partial charge in [0.2, 0.25) is 0 Å². The van der Waals surface area contributed by atoms with Gasteiger partial charge in [-0.3, -0.25) is 15.0 Å². The molecule has 1 heterocycles. The fourth-order valence-electron chi connectivity index (χ4n) is 2.10. The first-order valence-electron chi connectivity index (χ1n) is 7.18. The first-order valence-corrected chi connectivity index (χ1v) is 9.16. The Kier molecular flexibility index (Phi) is 5.52. The van der Waals surface area contributed by atoms with Gasteiger partial charge in [-0.15, -0.1) is 0 Å². The van der Waals surface area contributed by atoms with Crippen LogP contribution in [0.1, 0.15) is 15.9 Å². The SMILES string of the molecule is O=C(NN1C(=O)/C(=C/c2ccc(Cl)cc2Cl)SC1=S)c1ccc(O)cc1. The van der Waals surface area contributed by atoms with Crippen LogP contribution in [0.4, 0.5) is 0 Å². The number of thioether (sulfide) groups is 1. The molecule has 0 radical (unpaired) electrons. The molecule has 26 heavy (non-hydrogen) atoms. The van der Waals surface area contributed by atoms with E-state index in [9.17, 15) is 14.7 Å². The van der Waals surface area contributed by atoms with Gasteiger partial charge in [-0.1, -0.05) is 41.0 Å². The van der Waals surface area contributed by atoms with Crippen LogP contribution in [0.2, 0.25) is 10.0 Å². The van der Waals surface area contributed by atoms with Gasteiger partial charge >= 0.3 is 0 Å². The van der Waals surface area contributed by atoms with Crippen molar-refractivity contribution in [2.24, 2.45) is 0 Å². The Balaban J connectivity index is 1.79. The van der Waals surface area contributed by atoms with Crippen molar-refractivity contribution >= 4 is 69.4 Å². The summed E-state index contributed by atoms with van der Waals surface area (Å²) in [4.78, 5) is 25.1. The van der Waals surface area contributed by atoms with E-state index in [1.165, 1.54) is 24.3 Å². The number of carbonyl (C=O) groups excluding carboxylic acids is 2. The molecule has 2 aromatic rings. The van der Waals surface area contributed by atoms with E-state index in [4.69, 9.17) is 35.4 Å². The van der Waals surface area contributed by atoms with E-state index in [1.807, 2.05) is 0 Å². The van der Waals surface area contributed by atoms with Crippen molar-refractivity contribution in [2.45, 2.75) is 0 Å². The second-order valence-electron chi connectivity index (χ2n) is 5.17. The van der Waals surface area contributed by atoms with Crippen LogP contribution in [0.15, 0.2) is 47.4 Å². The molecule has 1 saturated heterocycles. The van der Waals surface area contributed by atoms with Gasteiger partial charge in [0.25, 0.3) is 11.8 Å². The van der Waals surface area contributed by atoms with Crippen LogP contribution >= 0.6 is 47.2 Å². The minimum absolute atomic E-state index is 0.0370. The number of nitrogens with zero attached hydrogens (tertiary/aromatic N) is 1. The number of hydrogen-bond donors (Lipinski definition) is 2. The van der Waals surface area contributed by atoms with Crippen LogP contribution in [0.25, 0.3) is 6.08 Å². The highest BCUT2D eigenvalue weighted by atomic mass is 35.5. The van der Waals surface area contributed by atoms with Gasteiger partial charge < -0.3 is 5.11 Å². The molecule has 1 aliphatic rings. The number of amides is 2. The Morgan fingerprint density at radius 2 is 1.88 bits per heavy atom. The highest BCUT2D eigenvalue weighted by Crippen LogP contribution is 2.33. The van der Waals surface area contributed by atoms with Crippen LogP contribution in [-0.4, -0.2) is 26.3 Å². The van der Waals surface area contributed by atoms with Crippen molar-refractivity contribution in [3.05, 3.63) is 68.5 Å². The Labute approximate surface area is 168 Å². The summed E-state index contributed by atoms with van der Waals surface area (Å²) >= 11 is 18.2. The Morgan fingerprint density at radius 1 is 1.19 bits per heavy atom. The van der Waals surface area contributed by atoms with Gasteiger partial charge in [-0.2, -0.15) is 5.01 Å². The standard InChI is InChI=1S/C17H10Cl2N2O3S2/c18-11-4-1-10(13(19)8-11)7-14-16(24)21(17(25)26-14)20-15(23)9-2-5-12(22)6-3-9/h1-8,22H,(H,20,23)/b14-7-. The zero-order chi connectivity index (χ0) is 18.8. The highest BCUT2D eigenvalue weighted by Gasteiger charge is 2.33. The van der Waals surface area contributed by atoms with Gasteiger partial charge in [0.1, 0.15) is 5.75 Å². The van der Waals surface area contributed by atoms with E-state index in [0.717, 1.165) is 16.8 Å². The second-order valence-corrected chi connectivity index (χ2v) is 7.69. The average molecular weight is 425 g/mol. The van der Waals surface area contributed by atoms with Crippen LogP contribution in [0, 0.1) is 0 Å². The number of carbonyl (C=O) groups is 2. The van der Waals surface area contributed by atoms with Crippen LogP contribution in [0.3, 0.4) is 0 Å². The molecule has 0 spiro atoms. The third-order valence-electron chi connectivity index (χ3n) is 3.39. The van der Waals surface area contributed by atoms with Gasteiger partial charge in [0.15, 0.2) is 4.32 Å². The summed E-state index contributed by atoms with van der Waals surface area (Å²) in [6.45, 7) is 0. The van der Waals surface area contributed by atoms with Gasteiger partial charge in [-0.25, -0.2) is 0 Å². The Hall–Kier alpha value is -2.06. The molecule has 0 aromatic heterocycles. The summed E-state index contributed by atoms with van der Waals surface area (Å²) in [6.07, 6.45) is 1.59. The Bertz CT molecular complexity index is 946. The molecule has 132 valence electrons. The number of thiocarbonyl (C=S) groups is 1. The van der Waals surface area contributed by atoms with Crippen molar-refractivity contribution in [1.29, 1.82) is 0 Å². The molecule has 0 saturated carbocycles. The van der Waals surface area contributed by atoms with E-state index < -0.39 is 11.8 Å². The van der Waals surface area contributed by atoms with Gasteiger partial charge in [0.05, 0.1) is 4.91 Å². The minimum atomic E-state index is -0.521. The molecule has 3 rings (SSSR count). The number of phenolic OH excluding ortho intramolecular Hbond substituents is 1. The van der Waals surface area contributed by atoms with E-state index in [0.29, 0.717) is 20.5 Å². The van der Waals surface area contributed by atoms with Crippen molar-refractivity contribution in [3.63, 3.8) is 0 Å². The third-order valence-corrected chi connectivity index (χ3v) is 5.25. The molecule has 2 aromatic carbocycles. The largest absolute Gasteiger partial charge is 0.508 e. The maximum Gasteiger partial charge on any atom is 0.285 e. The normalized spacial score (nSPS) is 15.6. The Morgan fingerprint density at radius 3 is 2.54 bits per heavy atom. The third kappa shape index (κ3) is 4.02. The maximum absolute atomic E-state index is 12.5. The van der Waals surface area contributed by atoms with Crippen molar-refractivity contribution in [1.82, 2.24) is 10.4 Å². The lowest BCUT2D eigenvalue weighted by atomic mass is 10.2. The first-order chi connectivity index (χ1) is 12.3. The molecule has 0 atom stereocenters. The van der Waals surface area contributed by atoms with Gasteiger partial charge in [0, 0.05) is 15.6 Å². The van der Waals surface area contributed by atoms with Crippen molar-refractivity contribution in [2.75, 3.05) is 0 Å². The van der Waals surface area contributed by atoms with Crippen molar-refractivity contribution in [3.8, 4) is 5.75 Å². The monoisotopic (exact) mass is 424 g/mol. The van der Waals surface area contributed by atoms with Crippen LogP contribution < -0.4 is 5.43 Å². The molecular formula is C17H10Cl2N2O3S2. The first kappa shape index (κ1) is 18.7. The molecule has 1 aliphatic heterocycles. The molecule has 0 bridgehead atoms. The number of benzene rings is 2. The number of nitrogens with one attached hydrogen (secondary N) is 1. The topological polar surface area (TPSA) is 69.6 Å². The lowest BCUT2D eigenvalue weighted by Gasteiger charge is -2.15.